The number of esters is 1. The SMILES string of the molecule is CCOC(=O)C1=C(COCCNC(=O)COc2ccc(O)cc2)NC(C)=C(C#N)C1c1ccccc1Cl. The van der Waals surface area contributed by atoms with Crippen molar-refractivity contribution in [1.82, 2.24) is 10.6 Å². The minimum Gasteiger partial charge on any atom is -0.508 e. The molecule has 0 fully saturated rings. The van der Waals surface area contributed by atoms with Crippen molar-refractivity contribution in [1.29, 1.82) is 5.26 Å². The van der Waals surface area contributed by atoms with Gasteiger partial charge in [0.15, 0.2) is 6.61 Å². The molecule has 1 aliphatic heterocycles. The number of dihydropyridines is 1. The van der Waals surface area contributed by atoms with Gasteiger partial charge in [-0.05, 0) is 49.7 Å². The highest BCUT2D eigenvalue weighted by atomic mass is 35.5. The predicted molar refractivity (Wildman–Crippen MR) is 137 cm³/mol. The fraction of sp³-hybridized carbons (Fsp3) is 0.296. The summed E-state index contributed by atoms with van der Waals surface area (Å²) < 4.78 is 16.4. The molecule has 10 heteroatoms. The monoisotopic (exact) mass is 525 g/mol. The van der Waals surface area contributed by atoms with Gasteiger partial charge in [-0.15, -0.1) is 0 Å². The summed E-state index contributed by atoms with van der Waals surface area (Å²) in [4.78, 5) is 25.1. The van der Waals surface area contributed by atoms with Crippen LogP contribution < -0.4 is 15.4 Å². The number of benzene rings is 2. The van der Waals surface area contributed by atoms with E-state index in [1.807, 2.05) is 0 Å². The van der Waals surface area contributed by atoms with Gasteiger partial charge in [-0.2, -0.15) is 5.26 Å². The number of nitriles is 1. The normalized spacial score (nSPS) is 15.0. The Hall–Kier alpha value is -4.00. The van der Waals surface area contributed by atoms with Crippen LogP contribution in [0.2, 0.25) is 5.02 Å². The van der Waals surface area contributed by atoms with Gasteiger partial charge in [0, 0.05) is 17.3 Å². The fourth-order valence-electron chi connectivity index (χ4n) is 3.81. The lowest BCUT2D eigenvalue weighted by atomic mass is 9.81. The number of nitrogens with one attached hydrogen (secondary N) is 2. The van der Waals surface area contributed by atoms with Crippen molar-refractivity contribution in [3.8, 4) is 17.6 Å². The average Bonchev–Trinajstić information content (AvgIpc) is 2.88. The van der Waals surface area contributed by atoms with Crippen LogP contribution in [0.1, 0.15) is 25.3 Å². The van der Waals surface area contributed by atoms with E-state index in [0.717, 1.165) is 0 Å². The highest BCUT2D eigenvalue weighted by molar-refractivity contribution is 6.31. The number of halogens is 1. The van der Waals surface area contributed by atoms with E-state index >= 15 is 0 Å². The number of hydrogen-bond donors (Lipinski definition) is 3. The van der Waals surface area contributed by atoms with Crippen molar-refractivity contribution in [3.63, 3.8) is 0 Å². The van der Waals surface area contributed by atoms with E-state index < -0.39 is 11.9 Å². The Morgan fingerprint density at radius 3 is 2.59 bits per heavy atom. The standard InChI is InChI=1S/C27H28ClN3O6/c1-3-36-27(34)26-23(31-17(2)21(14-29)25(26)20-6-4-5-7-22(20)28)15-35-13-12-30-24(33)16-37-19-10-8-18(32)9-11-19/h4-11,25,31-32H,3,12-13,15-16H2,1-2H3,(H,30,33). The summed E-state index contributed by atoms with van der Waals surface area (Å²) in [7, 11) is 0. The molecule has 0 spiro atoms. The second kappa shape index (κ2) is 13.3. The van der Waals surface area contributed by atoms with Crippen molar-refractivity contribution in [3.05, 3.63) is 81.7 Å². The molecule has 2 aromatic rings. The molecule has 194 valence electrons. The number of carbonyl (C=O) groups is 2. The van der Waals surface area contributed by atoms with Gasteiger partial charge in [0.1, 0.15) is 11.5 Å². The Morgan fingerprint density at radius 1 is 1.19 bits per heavy atom. The maximum atomic E-state index is 13.0. The molecule has 0 aliphatic carbocycles. The van der Waals surface area contributed by atoms with Gasteiger partial charge in [-0.3, -0.25) is 4.79 Å². The summed E-state index contributed by atoms with van der Waals surface area (Å²) in [6.45, 7) is 3.82. The highest BCUT2D eigenvalue weighted by Gasteiger charge is 2.36. The number of aromatic hydroxyl groups is 1. The van der Waals surface area contributed by atoms with Gasteiger partial charge in [0.25, 0.3) is 5.91 Å². The van der Waals surface area contributed by atoms with Crippen molar-refractivity contribution in [2.45, 2.75) is 19.8 Å². The molecule has 1 unspecified atom stereocenters. The molecule has 3 N–H and O–H groups in total. The quantitative estimate of drug-likeness (QED) is 0.300. The number of phenols is 1. The van der Waals surface area contributed by atoms with E-state index in [1.165, 1.54) is 12.1 Å². The average molecular weight is 526 g/mol. The fourth-order valence-corrected chi connectivity index (χ4v) is 4.05. The Labute approximate surface area is 220 Å². The number of hydrogen-bond acceptors (Lipinski definition) is 8. The molecule has 0 saturated carbocycles. The summed E-state index contributed by atoms with van der Waals surface area (Å²) in [5.41, 5.74) is 2.27. The van der Waals surface area contributed by atoms with Crippen LogP contribution in [-0.4, -0.2) is 50.0 Å². The molecule has 0 saturated heterocycles. The summed E-state index contributed by atoms with van der Waals surface area (Å²) in [6.07, 6.45) is 0. The van der Waals surface area contributed by atoms with E-state index in [-0.39, 0.29) is 50.2 Å². The molecular formula is C27H28ClN3O6. The third-order valence-corrected chi connectivity index (χ3v) is 5.84. The minimum atomic E-state index is -0.714. The maximum absolute atomic E-state index is 13.0. The number of allylic oxidation sites excluding steroid dienone is 2. The van der Waals surface area contributed by atoms with Crippen LogP contribution in [0.4, 0.5) is 0 Å². The Morgan fingerprint density at radius 2 is 1.92 bits per heavy atom. The maximum Gasteiger partial charge on any atom is 0.336 e. The minimum absolute atomic E-state index is 0.0189. The molecule has 2 aromatic carbocycles. The van der Waals surface area contributed by atoms with Crippen molar-refractivity contribution in [2.75, 3.05) is 33.0 Å². The zero-order valence-electron chi connectivity index (χ0n) is 20.5. The summed E-state index contributed by atoms with van der Waals surface area (Å²) >= 11 is 6.45. The largest absolute Gasteiger partial charge is 0.508 e. The number of nitrogens with zero attached hydrogens (tertiary/aromatic N) is 1. The van der Waals surface area contributed by atoms with Gasteiger partial charge in [0.05, 0.1) is 48.7 Å². The Bertz CT molecular complexity index is 1230. The topological polar surface area (TPSA) is 130 Å². The molecule has 1 amide bonds. The van der Waals surface area contributed by atoms with Crippen LogP contribution in [0.25, 0.3) is 0 Å². The van der Waals surface area contributed by atoms with Crippen LogP contribution in [0.15, 0.2) is 71.1 Å². The third kappa shape index (κ3) is 7.26. The van der Waals surface area contributed by atoms with Gasteiger partial charge in [-0.1, -0.05) is 29.8 Å². The number of phenolic OH excluding ortho intramolecular Hbond substituents is 1. The molecule has 37 heavy (non-hydrogen) atoms. The van der Waals surface area contributed by atoms with Crippen molar-refractivity contribution in [2.24, 2.45) is 0 Å². The van der Waals surface area contributed by atoms with Crippen LogP contribution >= 0.6 is 11.6 Å². The van der Waals surface area contributed by atoms with Gasteiger partial charge in [0.2, 0.25) is 0 Å². The zero-order chi connectivity index (χ0) is 26.8. The van der Waals surface area contributed by atoms with Crippen LogP contribution in [0.3, 0.4) is 0 Å². The van der Waals surface area contributed by atoms with Gasteiger partial charge in [-0.25, -0.2) is 4.79 Å². The molecule has 3 rings (SSSR count). The lowest BCUT2D eigenvalue weighted by molar-refractivity contribution is -0.139. The molecular weight excluding hydrogens is 498 g/mol. The summed E-state index contributed by atoms with van der Waals surface area (Å²) in [5, 5.41) is 25.4. The van der Waals surface area contributed by atoms with Gasteiger partial charge >= 0.3 is 5.97 Å². The van der Waals surface area contributed by atoms with E-state index in [1.54, 1.807) is 50.2 Å². The third-order valence-electron chi connectivity index (χ3n) is 5.50. The number of carbonyl (C=O) groups excluding carboxylic acids is 2. The number of rotatable bonds is 11. The Balaban J connectivity index is 1.65. The summed E-state index contributed by atoms with van der Waals surface area (Å²) in [6, 6.07) is 15.3. The molecule has 1 aliphatic rings. The predicted octanol–water partition coefficient (Wildman–Crippen LogP) is 3.56. The lowest BCUT2D eigenvalue weighted by Crippen LogP contribution is -2.34. The second-order valence-corrected chi connectivity index (χ2v) is 8.44. The van der Waals surface area contributed by atoms with E-state index in [9.17, 15) is 20.0 Å². The zero-order valence-corrected chi connectivity index (χ0v) is 21.3. The van der Waals surface area contributed by atoms with Crippen molar-refractivity contribution < 1.29 is 28.9 Å². The van der Waals surface area contributed by atoms with Crippen molar-refractivity contribution >= 4 is 23.5 Å². The molecule has 1 heterocycles. The van der Waals surface area contributed by atoms with E-state index in [0.29, 0.717) is 33.3 Å². The molecule has 9 nitrogen and oxygen atoms in total. The number of ether oxygens (including phenoxy) is 3. The first-order chi connectivity index (χ1) is 17.8. The van der Waals surface area contributed by atoms with E-state index in [2.05, 4.69) is 16.7 Å². The first-order valence-electron chi connectivity index (χ1n) is 11.6. The first-order valence-corrected chi connectivity index (χ1v) is 12.0. The molecule has 0 radical (unpaired) electrons. The molecule has 0 bridgehead atoms. The smallest absolute Gasteiger partial charge is 0.336 e. The number of amides is 1. The second-order valence-electron chi connectivity index (χ2n) is 8.03. The van der Waals surface area contributed by atoms with E-state index in [4.69, 9.17) is 25.8 Å². The first kappa shape index (κ1) is 27.6. The molecule has 0 aromatic heterocycles. The summed E-state index contributed by atoms with van der Waals surface area (Å²) in [5.74, 6) is -1.06. The highest BCUT2D eigenvalue weighted by Crippen LogP contribution is 2.41. The van der Waals surface area contributed by atoms with Crippen LogP contribution in [0, 0.1) is 11.3 Å². The molecule has 1 atom stereocenters. The van der Waals surface area contributed by atoms with Crippen LogP contribution in [0.5, 0.6) is 11.5 Å². The Kier molecular flexibility index (Phi) is 9.95. The van der Waals surface area contributed by atoms with Gasteiger partial charge < -0.3 is 30.0 Å². The van der Waals surface area contributed by atoms with Crippen LogP contribution in [-0.2, 0) is 19.1 Å². The lowest BCUT2D eigenvalue weighted by Gasteiger charge is -2.30.